The number of hydrogen-bond donors (Lipinski definition) is 2. The lowest BCUT2D eigenvalue weighted by atomic mass is 10.1. The molecule has 0 radical (unpaired) electrons. The zero-order chi connectivity index (χ0) is 23.3. The second kappa shape index (κ2) is 7.61. The molecule has 1 aliphatic rings. The van der Waals surface area contributed by atoms with Crippen molar-refractivity contribution in [3.8, 4) is 11.3 Å². The summed E-state index contributed by atoms with van der Waals surface area (Å²) in [7, 11) is 0. The third-order valence-corrected chi connectivity index (χ3v) is 5.52. The van der Waals surface area contributed by atoms with E-state index in [1.165, 1.54) is 6.07 Å². The molecule has 0 atom stereocenters. The van der Waals surface area contributed by atoms with Gasteiger partial charge in [-0.1, -0.05) is 18.2 Å². The second-order valence-electron chi connectivity index (χ2n) is 9.21. The van der Waals surface area contributed by atoms with Gasteiger partial charge in [0.15, 0.2) is 0 Å². The lowest BCUT2D eigenvalue weighted by Crippen LogP contribution is -2.33. The molecule has 2 aromatic heterocycles. The van der Waals surface area contributed by atoms with Crippen molar-refractivity contribution in [2.45, 2.75) is 46.0 Å². The molecule has 5 rings (SSSR count). The average molecular weight is 449 g/mol. The molecule has 8 nitrogen and oxygen atoms in total. The highest BCUT2D eigenvalue weighted by atomic mass is 19.1. The first-order valence-corrected chi connectivity index (χ1v) is 10.7. The minimum Gasteiger partial charge on any atom is -0.444 e. The molecule has 1 amide bonds. The summed E-state index contributed by atoms with van der Waals surface area (Å²) in [6.07, 6.45) is -0.423. The third-order valence-electron chi connectivity index (χ3n) is 5.52. The molecular formula is C24H24FN5O3. The monoisotopic (exact) mass is 449 g/mol. The smallest absolute Gasteiger partial charge is 0.410 e. The summed E-state index contributed by atoms with van der Waals surface area (Å²) in [6, 6.07) is 12.1. The molecule has 170 valence electrons. The van der Waals surface area contributed by atoms with Crippen LogP contribution < -0.4 is 5.69 Å². The largest absolute Gasteiger partial charge is 0.444 e. The van der Waals surface area contributed by atoms with E-state index in [4.69, 9.17) is 9.84 Å². The van der Waals surface area contributed by atoms with E-state index in [0.717, 1.165) is 16.8 Å². The Hall–Kier alpha value is -3.88. The number of ether oxygens (including phenoxy) is 1. The van der Waals surface area contributed by atoms with E-state index in [1.807, 2.05) is 39.0 Å². The first-order valence-electron chi connectivity index (χ1n) is 10.7. The quantitative estimate of drug-likeness (QED) is 0.491. The number of nitrogens with zero attached hydrogens (tertiary/aromatic N) is 3. The Kier molecular flexibility index (Phi) is 4.84. The van der Waals surface area contributed by atoms with E-state index in [1.54, 1.807) is 27.8 Å². The fraction of sp³-hybridized carbons (Fsp3) is 0.292. The predicted octanol–water partition coefficient (Wildman–Crippen LogP) is 4.16. The molecule has 0 spiro atoms. The van der Waals surface area contributed by atoms with Crippen LogP contribution >= 0.6 is 0 Å². The Morgan fingerprint density at radius 2 is 1.88 bits per heavy atom. The van der Waals surface area contributed by atoms with Crippen molar-refractivity contribution < 1.29 is 13.9 Å². The molecule has 1 aliphatic heterocycles. The number of nitrogens with one attached hydrogen (secondary N) is 2. The molecule has 0 aliphatic carbocycles. The first-order chi connectivity index (χ1) is 15.7. The minimum absolute atomic E-state index is 0.269. The Morgan fingerprint density at radius 3 is 2.64 bits per heavy atom. The fourth-order valence-corrected chi connectivity index (χ4v) is 4.15. The Labute approximate surface area is 189 Å². The van der Waals surface area contributed by atoms with Crippen LogP contribution in [-0.4, -0.2) is 36.3 Å². The maximum atomic E-state index is 14.8. The average Bonchev–Trinajstić information content (AvgIpc) is 3.38. The van der Waals surface area contributed by atoms with Gasteiger partial charge in [0, 0.05) is 11.1 Å². The molecule has 2 aromatic carbocycles. The van der Waals surface area contributed by atoms with Crippen molar-refractivity contribution in [3.05, 3.63) is 75.6 Å². The van der Waals surface area contributed by atoms with Gasteiger partial charge in [-0.05, 0) is 50.6 Å². The SMILES string of the molecule is CC(C)(C)OC(=O)N1Cc2nn(Cc3ccc4[nH]c(=O)[nH]c4c3)c(-c3ccccc3F)c2C1. The number of fused-ring (bicyclic) bond motifs is 2. The van der Waals surface area contributed by atoms with E-state index >= 15 is 0 Å². The van der Waals surface area contributed by atoms with Crippen molar-refractivity contribution in [1.29, 1.82) is 0 Å². The number of halogens is 1. The Bertz CT molecular complexity index is 1430. The van der Waals surface area contributed by atoms with Crippen LogP contribution in [0.5, 0.6) is 0 Å². The van der Waals surface area contributed by atoms with Gasteiger partial charge in [-0.3, -0.25) is 9.58 Å². The number of carbonyl (C=O) groups is 1. The number of carbonyl (C=O) groups excluding carboxylic acids is 1. The molecule has 33 heavy (non-hydrogen) atoms. The summed E-state index contributed by atoms with van der Waals surface area (Å²) in [6.45, 7) is 6.42. The molecular weight excluding hydrogens is 425 g/mol. The van der Waals surface area contributed by atoms with Crippen molar-refractivity contribution >= 4 is 17.1 Å². The zero-order valence-electron chi connectivity index (χ0n) is 18.6. The molecule has 0 bridgehead atoms. The standard InChI is InChI=1S/C24H24FN5O3/c1-24(2,3)33-23(32)29-12-16-20(13-29)28-30(21(16)15-6-4-5-7-17(15)25)11-14-8-9-18-19(10-14)27-22(31)26-18/h4-10H,11-13H2,1-3H3,(H2,26,27,31). The van der Waals surface area contributed by atoms with Crippen molar-refractivity contribution in [2.75, 3.05) is 0 Å². The second-order valence-corrected chi connectivity index (χ2v) is 9.21. The highest BCUT2D eigenvalue weighted by Gasteiger charge is 2.33. The molecule has 3 heterocycles. The van der Waals surface area contributed by atoms with E-state index < -0.39 is 11.7 Å². The van der Waals surface area contributed by atoms with Crippen LogP contribution in [0.25, 0.3) is 22.3 Å². The van der Waals surface area contributed by atoms with Gasteiger partial charge in [0.1, 0.15) is 11.4 Å². The van der Waals surface area contributed by atoms with Crippen molar-refractivity contribution in [2.24, 2.45) is 0 Å². The number of amides is 1. The van der Waals surface area contributed by atoms with Crippen LogP contribution in [0.1, 0.15) is 37.6 Å². The normalized spacial score (nSPS) is 13.5. The number of aromatic nitrogens is 4. The van der Waals surface area contributed by atoms with Crippen LogP contribution in [0.3, 0.4) is 0 Å². The summed E-state index contributed by atoms with van der Waals surface area (Å²) in [5, 5.41) is 4.74. The van der Waals surface area contributed by atoms with Crippen LogP contribution in [0.4, 0.5) is 9.18 Å². The summed E-state index contributed by atoms with van der Waals surface area (Å²) in [5.41, 5.74) is 4.02. The van der Waals surface area contributed by atoms with Crippen LogP contribution in [0, 0.1) is 5.82 Å². The highest BCUT2D eigenvalue weighted by molar-refractivity contribution is 5.75. The molecule has 0 saturated carbocycles. The summed E-state index contributed by atoms with van der Waals surface area (Å²) >= 11 is 0. The third kappa shape index (κ3) is 4.02. The van der Waals surface area contributed by atoms with Crippen molar-refractivity contribution in [3.63, 3.8) is 0 Å². The number of H-pyrrole nitrogens is 2. The molecule has 4 aromatic rings. The van der Waals surface area contributed by atoms with Gasteiger partial charge in [-0.25, -0.2) is 14.0 Å². The molecule has 0 unspecified atom stereocenters. The maximum Gasteiger partial charge on any atom is 0.410 e. The van der Waals surface area contributed by atoms with Crippen molar-refractivity contribution in [1.82, 2.24) is 24.6 Å². The van der Waals surface area contributed by atoms with E-state index in [9.17, 15) is 14.0 Å². The predicted molar refractivity (Wildman–Crippen MR) is 121 cm³/mol. The van der Waals surface area contributed by atoms with Crippen LogP contribution in [0.15, 0.2) is 47.3 Å². The lowest BCUT2D eigenvalue weighted by Gasteiger charge is -2.24. The highest BCUT2D eigenvalue weighted by Crippen LogP contribution is 2.35. The van der Waals surface area contributed by atoms with Gasteiger partial charge in [-0.15, -0.1) is 0 Å². The van der Waals surface area contributed by atoms with Gasteiger partial charge in [0.25, 0.3) is 0 Å². The minimum atomic E-state index is -0.608. The van der Waals surface area contributed by atoms with Gasteiger partial charge < -0.3 is 14.7 Å². The van der Waals surface area contributed by atoms with Gasteiger partial charge in [0.2, 0.25) is 0 Å². The Morgan fingerprint density at radius 1 is 1.12 bits per heavy atom. The van der Waals surface area contributed by atoms with Gasteiger partial charge in [-0.2, -0.15) is 5.10 Å². The van der Waals surface area contributed by atoms with E-state index in [2.05, 4.69) is 9.97 Å². The number of benzene rings is 2. The van der Waals surface area contributed by atoms with Gasteiger partial charge >= 0.3 is 11.8 Å². The van der Waals surface area contributed by atoms with Crippen LogP contribution in [0.2, 0.25) is 0 Å². The summed E-state index contributed by atoms with van der Waals surface area (Å²) < 4.78 is 22.1. The maximum absolute atomic E-state index is 14.8. The lowest BCUT2D eigenvalue weighted by molar-refractivity contribution is 0.0239. The summed E-state index contributed by atoms with van der Waals surface area (Å²) in [5.74, 6) is -0.359. The van der Waals surface area contributed by atoms with E-state index in [0.29, 0.717) is 35.4 Å². The number of rotatable bonds is 3. The molecule has 0 fully saturated rings. The number of aromatic amines is 2. The molecule has 0 saturated heterocycles. The molecule has 9 heteroatoms. The zero-order valence-corrected chi connectivity index (χ0v) is 18.6. The number of imidazole rings is 1. The first kappa shape index (κ1) is 21.0. The Balaban J connectivity index is 1.53. The van der Waals surface area contributed by atoms with Crippen LogP contribution in [-0.2, 0) is 24.4 Å². The topological polar surface area (TPSA) is 96.0 Å². The molecule has 2 N–H and O–H groups in total. The van der Waals surface area contributed by atoms with E-state index in [-0.39, 0.29) is 18.1 Å². The summed E-state index contributed by atoms with van der Waals surface area (Å²) in [4.78, 5) is 31.3. The number of hydrogen-bond acceptors (Lipinski definition) is 4. The van der Waals surface area contributed by atoms with Gasteiger partial charge in [0.05, 0.1) is 42.1 Å². The fourth-order valence-electron chi connectivity index (χ4n) is 4.15.